The summed E-state index contributed by atoms with van der Waals surface area (Å²) in [5, 5.41) is 11.5. The molecule has 0 aliphatic heterocycles. The van der Waals surface area contributed by atoms with Gasteiger partial charge < -0.3 is 10.4 Å². The van der Waals surface area contributed by atoms with Crippen LogP contribution in [0.5, 0.6) is 0 Å². The molecular formula is C9H15F2NO2. The van der Waals surface area contributed by atoms with Gasteiger partial charge in [0, 0.05) is 6.54 Å². The van der Waals surface area contributed by atoms with E-state index in [1.165, 1.54) is 0 Å². The van der Waals surface area contributed by atoms with E-state index in [1.807, 2.05) is 0 Å². The first-order valence-electron chi connectivity index (χ1n) is 4.83. The minimum absolute atomic E-state index is 0.140. The highest BCUT2D eigenvalue weighted by atomic mass is 19.3. The average Bonchev–Trinajstić information content (AvgIpc) is 2.14. The van der Waals surface area contributed by atoms with Crippen LogP contribution in [0.4, 0.5) is 8.78 Å². The van der Waals surface area contributed by atoms with Crippen molar-refractivity contribution in [3.8, 4) is 0 Å². The molecule has 0 aromatic heterocycles. The molecule has 1 amide bonds. The molecule has 3 nitrogen and oxygen atoms in total. The number of carbonyl (C=O) groups excluding carboxylic acids is 1. The quantitative estimate of drug-likeness (QED) is 0.723. The summed E-state index contributed by atoms with van der Waals surface area (Å²) in [7, 11) is 0. The highest BCUT2D eigenvalue weighted by Crippen LogP contribution is 2.23. The van der Waals surface area contributed by atoms with Crippen molar-refractivity contribution in [1.82, 2.24) is 5.32 Å². The molecule has 5 heteroatoms. The van der Waals surface area contributed by atoms with Gasteiger partial charge in [0.2, 0.25) is 0 Å². The lowest BCUT2D eigenvalue weighted by molar-refractivity contribution is -0.132. The Labute approximate surface area is 81.5 Å². The molecule has 0 radical (unpaired) electrons. The zero-order chi connectivity index (χ0) is 10.6. The Morgan fingerprint density at radius 1 is 1.50 bits per heavy atom. The van der Waals surface area contributed by atoms with Crippen LogP contribution in [0, 0.1) is 5.92 Å². The third-order valence-electron chi connectivity index (χ3n) is 2.52. The fourth-order valence-electron chi connectivity index (χ4n) is 1.77. The van der Waals surface area contributed by atoms with Crippen molar-refractivity contribution >= 4 is 5.91 Å². The van der Waals surface area contributed by atoms with Gasteiger partial charge in [-0.3, -0.25) is 4.79 Å². The highest BCUT2D eigenvalue weighted by molar-refractivity contribution is 5.78. The summed E-state index contributed by atoms with van der Waals surface area (Å²) in [5.41, 5.74) is 0. The number of hydrogen-bond acceptors (Lipinski definition) is 2. The fourth-order valence-corrected chi connectivity index (χ4v) is 1.77. The molecule has 2 unspecified atom stereocenters. The summed E-state index contributed by atoms with van der Waals surface area (Å²) >= 11 is 0. The van der Waals surface area contributed by atoms with Gasteiger partial charge in [0.1, 0.15) is 0 Å². The summed E-state index contributed by atoms with van der Waals surface area (Å²) < 4.78 is 23.6. The smallest absolute Gasteiger partial charge is 0.315 e. The molecule has 0 saturated heterocycles. The summed E-state index contributed by atoms with van der Waals surface area (Å²) in [6, 6.07) is 0. The van der Waals surface area contributed by atoms with Crippen molar-refractivity contribution in [2.24, 2.45) is 5.92 Å². The van der Waals surface area contributed by atoms with Gasteiger partial charge in [-0.15, -0.1) is 0 Å². The van der Waals surface area contributed by atoms with Crippen LogP contribution in [0.3, 0.4) is 0 Å². The number of amides is 1. The van der Waals surface area contributed by atoms with E-state index in [1.54, 1.807) is 0 Å². The van der Waals surface area contributed by atoms with Crippen LogP contribution >= 0.6 is 0 Å². The van der Waals surface area contributed by atoms with Gasteiger partial charge in [-0.2, -0.15) is 8.78 Å². The molecule has 82 valence electrons. The second-order valence-electron chi connectivity index (χ2n) is 3.73. The minimum Gasteiger partial charge on any atom is -0.393 e. The van der Waals surface area contributed by atoms with Crippen LogP contribution in [-0.4, -0.2) is 30.1 Å². The second-order valence-corrected chi connectivity index (χ2v) is 3.73. The third-order valence-corrected chi connectivity index (χ3v) is 2.52. The van der Waals surface area contributed by atoms with Gasteiger partial charge in [0.05, 0.1) is 6.10 Å². The molecule has 0 spiro atoms. The minimum atomic E-state index is -2.94. The number of aliphatic hydroxyl groups excluding tert-OH is 1. The van der Waals surface area contributed by atoms with E-state index in [2.05, 4.69) is 5.32 Å². The summed E-state index contributed by atoms with van der Waals surface area (Å²) in [6.07, 6.45) is -0.111. The van der Waals surface area contributed by atoms with E-state index in [9.17, 15) is 18.7 Å². The molecule has 1 aliphatic rings. The maximum absolute atomic E-state index is 11.8. The largest absolute Gasteiger partial charge is 0.393 e. The van der Waals surface area contributed by atoms with E-state index in [0.29, 0.717) is 6.42 Å². The Kier molecular flexibility index (Phi) is 4.25. The molecule has 1 aliphatic carbocycles. The Hall–Kier alpha value is -0.710. The maximum Gasteiger partial charge on any atom is 0.315 e. The van der Waals surface area contributed by atoms with Gasteiger partial charge in [0.25, 0.3) is 5.91 Å². The molecule has 1 fully saturated rings. The molecule has 0 heterocycles. The van der Waals surface area contributed by atoms with Crippen LogP contribution in [0.25, 0.3) is 0 Å². The molecular weight excluding hydrogens is 192 g/mol. The van der Waals surface area contributed by atoms with Crippen LogP contribution in [0.2, 0.25) is 0 Å². The van der Waals surface area contributed by atoms with Crippen molar-refractivity contribution in [1.29, 1.82) is 0 Å². The van der Waals surface area contributed by atoms with Crippen molar-refractivity contribution in [2.45, 2.75) is 38.2 Å². The van der Waals surface area contributed by atoms with E-state index in [0.717, 1.165) is 19.3 Å². The van der Waals surface area contributed by atoms with Crippen molar-refractivity contribution < 1.29 is 18.7 Å². The SMILES string of the molecule is O=C(NCC1CCCC(O)C1)C(F)F. The summed E-state index contributed by atoms with van der Waals surface area (Å²) in [6.45, 7) is 0.250. The fraction of sp³-hybridized carbons (Fsp3) is 0.889. The van der Waals surface area contributed by atoms with Gasteiger partial charge in [-0.05, 0) is 25.2 Å². The Bertz CT molecular complexity index is 199. The van der Waals surface area contributed by atoms with E-state index in [-0.39, 0.29) is 18.6 Å². The predicted molar refractivity (Wildman–Crippen MR) is 47.0 cm³/mol. The van der Waals surface area contributed by atoms with Gasteiger partial charge in [0.15, 0.2) is 0 Å². The zero-order valence-corrected chi connectivity index (χ0v) is 7.88. The van der Waals surface area contributed by atoms with Gasteiger partial charge >= 0.3 is 6.43 Å². The maximum atomic E-state index is 11.8. The molecule has 1 rings (SSSR count). The molecule has 0 aromatic rings. The van der Waals surface area contributed by atoms with E-state index in [4.69, 9.17) is 0 Å². The van der Waals surface area contributed by atoms with Gasteiger partial charge in [-0.25, -0.2) is 0 Å². The standard InChI is InChI=1S/C9H15F2NO2/c10-8(11)9(14)12-5-6-2-1-3-7(13)4-6/h6-8,13H,1-5H2,(H,12,14). The number of nitrogens with one attached hydrogen (secondary N) is 1. The predicted octanol–water partition coefficient (Wildman–Crippen LogP) is 0.919. The normalized spacial score (nSPS) is 27.7. The molecule has 1 saturated carbocycles. The highest BCUT2D eigenvalue weighted by Gasteiger charge is 2.22. The lowest BCUT2D eigenvalue weighted by atomic mass is 9.87. The van der Waals surface area contributed by atoms with Crippen molar-refractivity contribution in [3.05, 3.63) is 0 Å². The first kappa shape index (κ1) is 11.4. The average molecular weight is 207 g/mol. The monoisotopic (exact) mass is 207 g/mol. The van der Waals surface area contributed by atoms with E-state index >= 15 is 0 Å². The van der Waals surface area contributed by atoms with Crippen molar-refractivity contribution in [2.75, 3.05) is 6.54 Å². The first-order chi connectivity index (χ1) is 6.59. The lowest BCUT2D eigenvalue weighted by Gasteiger charge is -2.25. The second kappa shape index (κ2) is 5.24. The molecule has 0 bridgehead atoms. The molecule has 0 aromatic carbocycles. The molecule has 2 N–H and O–H groups in total. The van der Waals surface area contributed by atoms with Crippen LogP contribution in [0.15, 0.2) is 0 Å². The van der Waals surface area contributed by atoms with Crippen molar-refractivity contribution in [3.63, 3.8) is 0 Å². The zero-order valence-electron chi connectivity index (χ0n) is 7.88. The Morgan fingerprint density at radius 2 is 2.21 bits per heavy atom. The third kappa shape index (κ3) is 3.57. The molecule has 14 heavy (non-hydrogen) atoms. The Morgan fingerprint density at radius 3 is 2.79 bits per heavy atom. The van der Waals surface area contributed by atoms with Crippen LogP contribution in [0.1, 0.15) is 25.7 Å². The topological polar surface area (TPSA) is 49.3 Å². The van der Waals surface area contributed by atoms with E-state index < -0.39 is 12.3 Å². The lowest BCUT2D eigenvalue weighted by Crippen LogP contribution is -2.36. The Balaban J connectivity index is 2.20. The number of aliphatic hydroxyl groups is 1. The number of halogens is 2. The number of hydrogen-bond donors (Lipinski definition) is 2. The van der Waals surface area contributed by atoms with Gasteiger partial charge in [-0.1, -0.05) is 6.42 Å². The number of alkyl halides is 2. The molecule has 2 atom stereocenters. The van der Waals surface area contributed by atoms with Crippen LogP contribution < -0.4 is 5.32 Å². The summed E-state index contributed by atoms with van der Waals surface area (Å²) in [4.78, 5) is 10.5. The first-order valence-corrected chi connectivity index (χ1v) is 4.83. The van der Waals surface area contributed by atoms with Crippen LogP contribution in [-0.2, 0) is 4.79 Å². The summed E-state index contributed by atoms with van der Waals surface area (Å²) in [5.74, 6) is -1.08. The number of carbonyl (C=O) groups is 1. The number of rotatable bonds is 3.